The molecule has 4 heteroatoms. The third-order valence-corrected chi connectivity index (χ3v) is 3.38. The standard InChI is InChI=1S/C14H18ClN3/c1-3-14-12(8-16-2)9-17-18(14)10-11-6-4-5-7-13(11)15/h4-7,9,16H,3,8,10H2,1-2H3. The summed E-state index contributed by atoms with van der Waals surface area (Å²) in [5, 5.41) is 8.42. The maximum Gasteiger partial charge on any atom is 0.0677 e. The lowest BCUT2D eigenvalue weighted by Gasteiger charge is -2.09. The number of nitrogens with zero attached hydrogens (tertiary/aromatic N) is 2. The Bertz CT molecular complexity index is 520. The first-order valence-electron chi connectivity index (χ1n) is 6.17. The van der Waals surface area contributed by atoms with Crippen LogP contribution in [-0.2, 0) is 19.5 Å². The zero-order valence-electron chi connectivity index (χ0n) is 10.8. The molecular formula is C14H18ClN3. The first kappa shape index (κ1) is 13.1. The zero-order valence-corrected chi connectivity index (χ0v) is 11.5. The van der Waals surface area contributed by atoms with Gasteiger partial charge in [-0.3, -0.25) is 4.68 Å². The summed E-state index contributed by atoms with van der Waals surface area (Å²) < 4.78 is 2.04. The fourth-order valence-electron chi connectivity index (χ4n) is 2.12. The zero-order chi connectivity index (χ0) is 13.0. The summed E-state index contributed by atoms with van der Waals surface area (Å²) in [5.74, 6) is 0. The van der Waals surface area contributed by atoms with Gasteiger partial charge in [0.05, 0.1) is 12.7 Å². The minimum atomic E-state index is 0.729. The van der Waals surface area contributed by atoms with Crippen molar-refractivity contribution in [2.45, 2.75) is 26.4 Å². The van der Waals surface area contributed by atoms with E-state index in [-0.39, 0.29) is 0 Å². The van der Waals surface area contributed by atoms with Crippen LogP contribution >= 0.6 is 11.6 Å². The van der Waals surface area contributed by atoms with Gasteiger partial charge in [0.15, 0.2) is 0 Å². The average molecular weight is 264 g/mol. The molecular weight excluding hydrogens is 246 g/mol. The fourth-order valence-corrected chi connectivity index (χ4v) is 2.32. The summed E-state index contributed by atoms with van der Waals surface area (Å²) in [6.07, 6.45) is 2.91. The lowest BCUT2D eigenvalue weighted by atomic mass is 10.2. The van der Waals surface area contributed by atoms with Crippen LogP contribution in [-0.4, -0.2) is 16.8 Å². The molecule has 96 valence electrons. The SMILES string of the molecule is CCc1c(CNC)cnn1Cc1ccccc1Cl. The molecule has 0 atom stereocenters. The van der Waals surface area contributed by atoms with E-state index >= 15 is 0 Å². The van der Waals surface area contributed by atoms with Crippen LogP contribution in [0.15, 0.2) is 30.5 Å². The van der Waals surface area contributed by atoms with Gasteiger partial charge in [-0.2, -0.15) is 5.10 Å². The van der Waals surface area contributed by atoms with Crippen LogP contribution in [0.2, 0.25) is 5.02 Å². The molecule has 18 heavy (non-hydrogen) atoms. The molecule has 0 radical (unpaired) electrons. The van der Waals surface area contributed by atoms with E-state index in [4.69, 9.17) is 11.6 Å². The highest BCUT2D eigenvalue weighted by Gasteiger charge is 2.09. The average Bonchev–Trinajstić information content (AvgIpc) is 2.75. The van der Waals surface area contributed by atoms with Crippen molar-refractivity contribution in [3.05, 3.63) is 52.3 Å². The van der Waals surface area contributed by atoms with Gasteiger partial charge in [-0.1, -0.05) is 36.7 Å². The van der Waals surface area contributed by atoms with Gasteiger partial charge in [-0.15, -0.1) is 0 Å². The number of aromatic nitrogens is 2. The largest absolute Gasteiger partial charge is 0.316 e. The molecule has 0 aliphatic heterocycles. The molecule has 0 fully saturated rings. The molecule has 0 spiro atoms. The Morgan fingerprint density at radius 1 is 1.28 bits per heavy atom. The van der Waals surface area contributed by atoms with Crippen molar-refractivity contribution in [1.29, 1.82) is 0 Å². The maximum absolute atomic E-state index is 6.18. The van der Waals surface area contributed by atoms with E-state index in [9.17, 15) is 0 Å². The molecule has 0 aliphatic carbocycles. The van der Waals surface area contributed by atoms with Crippen LogP contribution in [0.25, 0.3) is 0 Å². The topological polar surface area (TPSA) is 29.9 Å². The Balaban J connectivity index is 2.27. The minimum absolute atomic E-state index is 0.729. The molecule has 0 bridgehead atoms. The van der Waals surface area contributed by atoms with Crippen molar-refractivity contribution in [3.63, 3.8) is 0 Å². The third kappa shape index (κ3) is 2.74. The summed E-state index contributed by atoms with van der Waals surface area (Å²) in [6, 6.07) is 7.91. The molecule has 2 aromatic rings. The molecule has 3 nitrogen and oxygen atoms in total. The van der Waals surface area contributed by atoms with Crippen molar-refractivity contribution < 1.29 is 0 Å². The molecule has 1 N–H and O–H groups in total. The quantitative estimate of drug-likeness (QED) is 0.899. The van der Waals surface area contributed by atoms with Crippen molar-refractivity contribution in [3.8, 4) is 0 Å². The van der Waals surface area contributed by atoms with E-state index < -0.39 is 0 Å². The van der Waals surface area contributed by atoms with E-state index in [2.05, 4.69) is 17.3 Å². The fraction of sp³-hybridized carbons (Fsp3) is 0.357. The van der Waals surface area contributed by atoms with Gasteiger partial charge in [-0.05, 0) is 25.1 Å². The number of hydrogen-bond acceptors (Lipinski definition) is 2. The first-order valence-corrected chi connectivity index (χ1v) is 6.55. The highest BCUT2D eigenvalue weighted by Crippen LogP contribution is 2.18. The van der Waals surface area contributed by atoms with E-state index in [0.29, 0.717) is 0 Å². The van der Waals surface area contributed by atoms with Gasteiger partial charge in [0.2, 0.25) is 0 Å². The van der Waals surface area contributed by atoms with Crippen LogP contribution in [0.4, 0.5) is 0 Å². The van der Waals surface area contributed by atoms with E-state index in [0.717, 1.165) is 30.1 Å². The Labute approximate surface area is 113 Å². The van der Waals surface area contributed by atoms with Crippen molar-refractivity contribution in [2.24, 2.45) is 0 Å². The van der Waals surface area contributed by atoms with Crippen LogP contribution in [0.1, 0.15) is 23.7 Å². The number of benzene rings is 1. The summed E-state index contributed by atoms with van der Waals surface area (Å²) >= 11 is 6.18. The van der Waals surface area contributed by atoms with Crippen LogP contribution in [0, 0.1) is 0 Å². The van der Waals surface area contributed by atoms with Crippen molar-refractivity contribution >= 4 is 11.6 Å². The van der Waals surface area contributed by atoms with Gasteiger partial charge in [0, 0.05) is 22.8 Å². The summed E-state index contributed by atoms with van der Waals surface area (Å²) in [5.41, 5.74) is 3.63. The summed E-state index contributed by atoms with van der Waals surface area (Å²) in [4.78, 5) is 0. The van der Waals surface area contributed by atoms with Crippen LogP contribution in [0.5, 0.6) is 0 Å². The second kappa shape index (κ2) is 6.03. The summed E-state index contributed by atoms with van der Waals surface area (Å²) in [6.45, 7) is 3.73. The molecule has 1 aromatic heterocycles. The van der Waals surface area contributed by atoms with E-state index in [1.54, 1.807) is 0 Å². The molecule has 0 unspecified atom stereocenters. The second-order valence-corrected chi connectivity index (χ2v) is 4.66. The monoisotopic (exact) mass is 263 g/mol. The Morgan fingerprint density at radius 3 is 2.72 bits per heavy atom. The van der Waals surface area contributed by atoms with Gasteiger partial charge in [0.25, 0.3) is 0 Å². The van der Waals surface area contributed by atoms with Gasteiger partial charge in [0.1, 0.15) is 0 Å². The minimum Gasteiger partial charge on any atom is -0.316 e. The highest BCUT2D eigenvalue weighted by atomic mass is 35.5. The van der Waals surface area contributed by atoms with Crippen molar-refractivity contribution in [2.75, 3.05) is 7.05 Å². The lowest BCUT2D eigenvalue weighted by Crippen LogP contribution is -2.10. The van der Waals surface area contributed by atoms with Crippen LogP contribution < -0.4 is 5.32 Å². The van der Waals surface area contributed by atoms with Crippen LogP contribution in [0.3, 0.4) is 0 Å². The summed E-state index contributed by atoms with van der Waals surface area (Å²) in [7, 11) is 1.95. The Hall–Kier alpha value is -1.32. The third-order valence-electron chi connectivity index (χ3n) is 3.02. The van der Waals surface area contributed by atoms with E-state index in [1.807, 2.05) is 42.2 Å². The van der Waals surface area contributed by atoms with Crippen molar-refractivity contribution in [1.82, 2.24) is 15.1 Å². The molecule has 0 amide bonds. The Morgan fingerprint density at radius 2 is 2.06 bits per heavy atom. The number of nitrogens with one attached hydrogen (secondary N) is 1. The molecule has 2 rings (SSSR count). The highest BCUT2D eigenvalue weighted by molar-refractivity contribution is 6.31. The molecule has 0 aliphatic rings. The number of halogens is 1. The lowest BCUT2D eigenvalue weighted by molar-refractivity contribution is 0.645. The van der Waals surface area contributed by atoms with E-state index in [1.165, 1.54) is 11.3 Å². The predicted molar refractivity (Wildman–Crippen MR) is 74.9 cm³/mol. The smallest absolute Gasteiger partial charge is 0.0677 e. The maximum atomic E-state index is 6.18. The van der Waals surface area contributed by atoms with Gasteiger partial charge >= 0.3 is 0 Å². The molecule has 0 saturated heterocycles. The number of rotatable bonds is 5. The molecule has 1 heterocycles. The van der Waals surface area contributed by atoms with Gasteiger partial charge in [-0.25, -0.2) is 0 Å². The van der Waals surface area contributed by atoms with Gasteiger partial charge < -0.3 is 5.32 Å². The Kier molecular flexibility index (Phi) is 4.39. The predicted octanol–water partition coefficient (Wildman–Crippen LogP) is 2.87. The molecule has 1 aromatic carbocycles. The molecule has 0 saturated carbocycles. The second-order valence-electron chi connectivity index (χ2n) is 4.25. The first-order chi connectivity index (χ1) is 8.76. The normalized spacial score (nSPS) is 10.8. The number of hydrogen-bond donors (Lipinski definition) is 1.